The molecular weight excluding hydrogens is 415 g/mol. The third-order valence-electron chi connectivity index (χ3n) is 4.41. The number of sulfonamides is 1. The number of likely N-dealkylation sites (N-methyl/N-ethyl adjacent to an activating group) is 1. The maximum absolute atomic E-state index is 13.6. The Balaban J connectivity index is 2.15. The Labute approximate surface area is 175 Å². The lowest BCUT2D eigenvalue weighted by molar-refractivity contribution is -0.121. The second-order valence-electron chi connectivity index (χ2n) is 6.29. The van der Waals surface area contributed by atoms with Gasteiger partial charge < -0.3 is 10.1 Å². The molecule has 0 saturated carbocycles. The maximum atomic E-state index is 13.6. The zero-order valence-corrected chi connectivity index (χ0v) is 18.4. The van der Waals surface area contributed by atoms with Gasteiger partial charge in [0, 0.05) is 11.4 Å². The van der Waals surface area contributed by atoms with Crippen molar-refractivity contribution < 1.29 is 22.3 Å². The highest BCUT2D eigenvalue weighted by molar-refractivity contribution is 7.98. The highest BCUT2D eigenvalue weighted by Gasteiger charge is 2.29. The molecule has 0 spiro atoms. The fraction of sp³-hybridized carbons (Fsp3) is 0.350. The summed E-state index contributed by atoms with van der Waals surface area (Å²) in [7, 11) is -2.81. The number of halogens is 1. The lowest BCUT2D eigenvalue weighted by Gasteiger charge is -2.22. The molecule has 0 bridgehead atoms. The minimum absolute atomic E-state index is 0.0208. The van der Waals surface area contributed by atoms with Crippen LogP contribution in [-0.4, -0.2) is 45.1 Å². The molecule has 9 heteroatoms. The second-order valence-corrected chi connectivity index (χ2v) is 9.07. The number of amides is 1. The fourth-order valence-corrected chi connectivity index (χ4v) is 4.76. The molecule has 0 fully saturated rings. The quantitative estimate of drug-likeness (QED) is 0.605. The molecule has 29 heavy (non-hydrogen) atoms. The Morgan fingerprint density at radius 1 is 1.24 bits per heavy atom. The molecule has 6 nitrogen and oxygen atoms in total. The minimum atomic E-state index is -4.12. The molecule has 0 aliphatic rings. The number of carbonyl (C=O) groups excluding carboxylic acids is 1. The molecule has 1 N–H and O–H groups in total. The molecule has 0 aromatic heterocycles. The van der Waals surface area contributed by atoms with Gasteiger partial charge >= 0.3 is 0 Å². The number of hydrogen-bond donors (Lipinski definition) is 1. The highest BCUT2D eigenvalue weighted by atomic mass is 32.2. The molecule has 158 valence electrons. The van der Waals surface area contributed by atoms with E-state index in [1.807, 2.05) is 37.4 Å². The first kappa shape index (κ1) is 23.2. The molecule has 1 unspecified atom stereocenters. The number of hydrogen-bond acceptors (Lipinski definition) is 5. The summed E-state index contributed by atoms with van der Waals surface area (Å²) in [6.07, 6.45) is 1.98. The van der Waals surface area contributed by atoms with E-state index in [4.69, 9.17) is 4.74 Å². The van der Waals surface area contributed by atoms with Crippen molar-refractivity contribution in [2.45, 2.75) is 29.7 Å². The second kappa shape index (κ2) is 10.1. The van der Waals surface area contributed by atoms with Crippen molar-refractivity contribution in [3.05, 3.63) is 53.8 Å². The van der Waals surface area contributed by atoms with Crippen LogP contribution in [0.1, 0.15) is 25.5 Å². The summed E-state index contributed by atoms with van der Waals surface area (Å²) < 4.78 is 45.6. The fourth-order valence-electron chi connectivity index (χ4n) is 2.78. The van der Waals surface area contributed by atoms with Crippen LogP contribution in [0.2, 0.25) is 0 Å². The Morgan fingerprint density at radius 2 is 1.90 bits per heavy atom. The van der Waals surface area contributed by atoms with Crippen LogP contribution in [0.25, 0.3) is 0 Å². The monoisotopic (exact) mass is 440 g/mol. The molecule has 2 aromatic rings. The highest BCUT2D eigenvalue weighted by Crippen LogP contribution is 2.27. The lowest BCUT2D eigenvalue weighted by Crippen LogP contribution is -2.41. The van der Waals surface area contributed by atoms with Gasteiger partial charge in [-0.2, -0.15) is 4.31 Å². The van der Waals surface area contributed by atoms with E-state index in [1.165, 1.54) is 13.2 Å². The number of nitrogens with one attached hydrogen (secondary N) is 1. The lowest BCUT2D eigenvalue weighted by atomic mass is 10.1. The van der Waals surface area contributed by atoms with Crippen LogP contribution in [-0.2, 0) is 14.8 Å². The van der Waals surface area contributed by atoms with Crippen molar-refractivity contribution in [3.63, 3.8) is 0 Å². The SMILES string of the molecule is CCN(CC(=O)NC(C)c1ccc(SC)cc1)S(=O)(=O)c1cc(F)ccc1OC. The van der Waals surface area contributed by atoms with Crippen molar-refractivity contribution in [3.8, 4) is 5.75 Å². The van der Waals surface area contributed by atoms with Crippen molar-refractivity contribution in [1.29, 1.82) is 0 Å². The molecule has 1 atom stereocenters. The van der Waals surface area contributed by atoms with E-state index in [-0.39, 0.29) is 29.8 Å². The third kappa shape index (κ3) is 5.71. The third-order valence-corrected chi connectivity index (χ3v) is 7.10. The van der Waals surface area contributed by atoms with Gasteiger partial charge in [-0.3, -0.25) is 4.79 Å². The van der Waals surface area contributed by atoms with Gasteiger partial charge in [-0.15, -0.1) is 11.8 Å². The summed E-state index contributed by atoms with van der Waals surface area (Å²) in [5.41, 5.74) is 0.911. The van der Waals surface area contributed by atoms with E-state index in [1.54, 1.807) is 18.7 Å². The topological polar surface area (TPSA) is 75.7 Å². The number of carbonyl (C=O) groups is 1. The summed E-state index contributed by atoms with van der Waals surface area (Å²) in [5.74, 6) is -1.13. The first-order valence-electron chi connectivity index (χ1n) is 9.00. The summed E-state index contributed by atoms with van der Waals surface area (Å²) in [6, 6.07) is 10.7. The minimum Gasteiger partial charge on any atom is -0.495 e. The zero-order chi connectivity index (χ0) is 21.6. The number of benzene rings is 2. The predicted molar refractivity (Wildman–Crippen MR) is 112 cm³/mol. The van der Waals surface area contributed by atoms with E-state index < -0.39 is 21.7 Å². The number of methoxy groups -OCH3 is 1. The summed E-state index contributed by atoms with van der Waals surface area (Å²) in [5, 5.41) is 2.80. The Bertz CT molecular complexity index is 949. The molecule has 0 heterocycles. The molecule has 2 rings (SSSR count). The first-order valence-corrected chi connectivity index (χ1v) is 11.7. The average Bonchev–Trinajstić information content (AvgIpc) is 2.71. The van der Waals surface area contributed by atoms with Gasteiger partial charge in [0.15, 0.2) is 0 Å². The number of nitrogens with zero attached hydrogens (tertiary/aromatic N) is 1. The van der Waals surface area contributed by atoms with Crippen LogP contribution in [0.5, 0.6) is 5.75 Å². The number of thioether (sulfide) groups is 1. The van der Waals surface area contributed by atoms with Gasteiger partial charge in [-0.05, 0) is 49.1 Å². The molecule has 0 aliphatic carbocycles. The summed E-state index contributed by atoms with van der Waals surface area (Å²) in [4.78, 5) is 13.3. The van der Waals surface area contributed by atoms with Gasteiger partial charge in [0.25, 0.3) is 0 Å². The average molecular weight is 441 g/mol. The molecule has 0 aliphatic heterocycles. The van der Waals surface area contributed by atoms with Crippen LogP contribution >= 0.6 is 11.8 Å². The molecule has 0 radical (unpaired) electrons. The van der Waals surface area contributed by atoms with Gasteiger partial charge in [-0.1, -0.05) is 19.1 Å². The molecule has 2 aromatic carbocycles. The molecular formula is C20H25FN2O4S2. The van der Waals surface area contributed by atoms with Gasteiger partial charge in [0.2, 0.25) is 15.9 Å². The summed E-state index contributed by atoms with van der Waals surface area (Å²) >= 11 is 1.62. The number of rotatable bonds is 9. The number of ether oxygens (including phenoxy) is 1. The Kier molecular flexibility index (Phi) is 8.06. The van der Waals surface area contributed by atoms with Crippen LogP contribution in [0.15, 0.2) is 52.3 Å². The van der Waals surface area contributed by atoms with Crippen molar-refractivity contribution in [2.24, 2.45) is 0 Å². The normalized spacial score (nSPS) is 12.6. The smallest absolute Gasteiger partial charge is 0.247 e. The van der Waals surface area contributed by atoms with Crippen LogP contribution in [0.4, 0.5) is 4.39 Å². The van der Waals surface area contributed by atoms with E-state index in [9.17, 15) is 17.6 Å². The maximum Gasteiger partial charge on any atom is 0.247 e. The molecule has 1 amide bonds. The largest absolute Gasteiger partial charge is 0.495 e. The van der Waals surface area contributed by atoms with Crippen molar-refractivity contribution in [1.82, 2.24) is 9.62 Å². The van der Waals surface area contributed by atoms with Gasteiger partial charge in [-0.25, -0.2) is 12.8 Å². The van der Waals surface area contributed by atoms with E-state index in [2.05, 4.69) is 5.32 Å². The van der Waals surface area contributed by atoms with Gasteiger partial charge in [0.05, 0.1) is 19.7 Å². The van der Waals surface area contributed by atoms with Crippen molar-refractivity contribution >= 4 is 27.7 Å². The van der Waals surface area contributed by atoms with Gasteiger partial charge in [0.1, 0.15) is 16.5 Å². The van der Waals surface area contributed by atoms with Crippen molar-refractivity contribution in [2.75, 3.05) is 26.5 Å². The van der Waals surface area contributed by atoms with Crippen LogP contribution in [0.3, 0.4) is 0 Å². The Hall–Kier alpha value is -2.10. The van der Waals surface area contributed by atoms with Crippen LogP contribution < -0.4 is 10.1 Å². The Morgan fingerprint density at radius 3 is 2.45 bits per heavy atom. The van der Waals surface area contributed by atoms with E-state index >= 15 is 0 Å². The van der Waals surface area contributed by atoms with Crippen LogP contribution in [0, 0.1) is 5.82 Å². The standard InChI is InChI=1S/C20H25FN2O4S2/c1-5-23(29(25,26)19-12-16(21)8-11-18(19)27-3)13-20(24)22-14(2)15-6-9-17(28-4)10-7-15/h6-12,14H,5,13H2,1-4H3,(H,22,24). The zero-order valence-electron chi connectivity index (χ0n) is 16.8. The summed E-state index contributed by atoms with van der Waals surface area (Å²) in [6.45, 7) is 3.10. The van der Waals surface area contributed by atoms with E-state index in [0.717, 1.165) is 26.9 Å². The molecule has 0 saturated heterocycles. The van der Waals surface area contributed by atoms with E-state index in [0.29, 0.717) is 0 Å². The predicted octanol–water partition coefficient (Wildman–Crippen LogP) is 3.44. The first-order chi connectivity index (χ1) is 13.7.